The van der Waals surface area contributed by atoms with E-state index in [2.05, 4.69) is 16.5 Å². The van der Waals surface area contributed by atoms with Crippen molar-refractivity contribution in [1.82, 2.24) is 9.55 Å². The first-order valence-corrected chi connectivity index (χ1v) is 6.53. The molecule has 2 aromatic rings. The van der Waals surface area contributed by atoms with Crippen molar-refractivity contribution in [1.29, 1.82) is 0 Å². The zero-order valence-corrected chi connectivity index (χ0v) is 11.3. The predicted octanol–water partition coefficient (Wildman–Crippen LogP) is 3.02. The Morgan fingerprint density at radius 3 is 2.74 bits per heavy atom. The molecule has 1 aromatic heterocycles. The molecule has 0 aliphatic carbocycles. The molecule has 1 aromatic carbocycles. The minimum Gasteiger partial charge on any atom is -0.478 e. The van der Waals surface area contributed by atoms with E-state index in [1.807, 2.05) is 31.2 Å². The van der Waals surface area contributed by atoms with Gasteiger partial charge in [0.05, 0.1) is 11.0 Å². The summed E-state index contributed by atoms with van der Waals surface area (Å²) in [5, 5.41) is 9.05. The van der Waals surface area contributed by atoms with Gasteiger partial charge in [0.2, 0.25) is 0 Å². The number of allylic oxidation sites excluding steroid dienone is 1. The van der Waals surface area contributed by atoms with Gasteiger partial charge in [0.25, 0.3) is 0 Å². The SMILES string of the molecule is CCC(=CCn1c(CC)nc2ccccc21)C(=O)O. The number of carboxylic acid groups (broad SMARTS) is 1. The Morgan fingerprint density at radius 2 is 2.11 bits per heavy atom. The van der Waals surface area contributed by atoms with Gasteiger partial charge in [-0.15, -0.1) is 0 Å². The number of imidazole rings is 1. The van der Waals surface area contributed by atoms with Crippen molar-refractivity contribution in [3.8, 4) is 0 Å². The van der Waals surface area contributed by atoms with Crippen molar-refractivity contribution in [2.24, 2.45) is 0 Å². The fourth-order valence-corrected chi connectivity index (χ4v) is 2.18. The first-order valence-electron chi connectivity index (χ1n) is 6.53. The molecule has 0 saturated heterocycles. The number of carboxylic acids is 1. The Hall–Kier alpha value is -2.10. The second-order valence-corrected chi connectivity index (χ2v) is 4.37. The summed E-state index contributed by atoms with van der Waals surface area (Å²) in [6.45, 7) is 4.46. The third kappa shape index (κ3) is 2.67. The lowest BCUT2D eigenvalue weighted by molar-refractivity contribution is -0.132. The summed E-state index contributed by atoms with van der Waals surface area (Å²) in [5.74, 6) is 0.142. The average Bonchev–Trinajstić information content (AvgIpc) is 2.77. The van der Waals surface area contributed by atoms with Crippen LogP contribution in [0.2, 0.25) is 0 Å². The van der Waals surface area contributed by atoms with Gasteiger partial charge in [-0.1, -0.05) is 32.1 Å². The molecule has 1 N–H and O–H groups in total. The Balaban J connectivity index is 2.41. The lowest BCUT2D eigenvalue weighted by Crippen LogP contribution is -2.05. The van der Waals surface area contributed by atoms with E-state index < -0.39 is 5.97 Å². The molecule has 0 atom stereocenters. The van der Waals surface area contributed by atoms with E-state index in [1.54, 1.807) is 6.08 Å². The summed E-state index contributed by atoms with van der Waals surface area (Å²) in [6, 6.07) is 7.93. The first-order chi connectivity index (χ1) is 9.17. The highest BCUT2D eigenvalue weighted by Crippen LogP contribution is 2.17. The summed E-state index contributed by atoms with van der Waals surface area (Å²) < 4.78 is 2.08. The number of fused-ring (bicyclic) bond motifs is 1. The largest absolute Gasteiger partial charge is 0.478 e. The number of aliphatic carboxylic acids is 1. The summed E-state index contributed by atoms with van der Waals surface area (Å²) in [5.41, 5.74) is 2.46. The maximum atomic E-state index is 11.0. The van der Waals surface area contributed by atoms with Gasteiger partial charge in [-0.25, -0.2) is 9.78 Å². The zero-order valence-electron chi connectivity index (χ0n) is 11.3. The van der Waals surface area contributed by atoms with Gasteiger partial charge in [-0.3, -0.25) is 0 Å². The molecule has 0 amide bonds. The number of rotatable bonds is 5. The number of aromatic nitrogens is 2. The van der Waals surface area contributed by atoms with E-state index in [0.717, 1.165) is 23.3 Å². The quantitative estimate of drug-likeness (QED) is 0.839. The molecule has 0 saturated carbocycles. The number of para-hydroxylation sites is 2. The third-order valence-electron chi connectivity index (χ3n) is 3.23. The van der Waals surface area contributed by atoms with Crippen LogP contribution in [0, 0.1) is 0 Å². The number of carbonyl (C=O) groups is 1. The van der Waals surface area contributed by atoms with Gasteiger partial charge in [0.15, 0.2) is 0 Å². The molecule has 4 heteroatoms. The Morgan fingerprint density at radius 1 is 1.37 bits per heavy atom. The molecule has 0 bridgehead atoms. The molecule has 0 fully saturated rings. The van der Waals surface area contributed by atoms with Gasteiger partial charge >= 0.3 is 5.97 Å². The molecular weight excluding hydrogens is 240 g/mol. The highest BCUT2D eigenvalue weighted by molar-refractivity contribution is 5.86. The van der Waals surface area contributed by atoms with Crippen LogP contribution in [-0.2, 0) is 17.8 Å². The molecule has 0 radical (unpaired) electrons. The van der Waals surface area contributed by atoms with Crippen LogP contribution in [0.4, 0.5) is 0 Å². The fourth-order valence-electron chi connectivity index (χ4n) is 2.18. The Labute approximate surface area is 112 Å². The lowest BCUT2D eigenvalue weighted by atomic mass is 10.2. The third-order valence-corrected chi connectivity index (χ3v) is 3.23. The second-order valence-electron chi connectivity index (χ2n) is 4.37. The Bertz CT molecular complexity index is 626. The van der Waals surface area contributed by atoms with Crippen molar-refractivity contribution < 1.29 is 9.90 Å². The van der Waals surface area contributed by atoms with Crippen molar-refractivity contribution >= 4 is 17.0 Å². The van der Waals surface area contributed by atoms with Crippen LogP contribution in [0.15, 0.2) is 35.9 Å². The topological polar surface area (TPSA) is 55.1 Å². The van der Waals surface area contributed by atoms with Crippen LogP contribution in [0.5, 0.6) is 0 Å². The molecule has 0 spiro atoms. The molecule has 2 rings (SSSR count). The van der Waals surface area contributed by atoms with Gasteiger partial charge < -0.3 is 9.67 Å². The van der Waals surface area contributed by atoms with Gasteiger partial charge in [0.1, 0.15) is 5.82 Å². The normalized spacial score (nSPS) is 12.0. The summed E-state index contributed by atoms with van der Waals surface area (Å²) >= 11 is 0. The Kier molecular flexibility index (Phi) is 4.00. The number of nitrogens with zero attached hydrogens (tertiary/aromatic N) is 2. The molecule has 0 aliphatic rings. The first kappa shape index (κ1) is 13.3. The minimum atomic E-state index is -0.843. The van der Waals surface area contributed by atoms with E-state index in [-0.39, 0.29) is 0 Å². The highest BCUT2D eigenvalue weighted by atomic mass is 16.4. The van der Waals surface area contributed by atoms with Gasteiger partial charge in [-0.2, -0.15) is 0 Å². The van der Waals surface area contributed by atoms with Crippen molar-refractivity contribution in [2.45, 2.75) is 33.2 Å². The van der Waals surface area contributed by atoms with E-state index in [1.165, 1.54) is 0 Å². The smallest absolute Gasteiger partial charge is 0.331 e. The molecule has 0 aliphatic heterocycles. The number of hydrogen-bond acceptors (Lipinski definition) is 2. The minimum absolute atomic E-state index is 0.444. The summed E-state index contributed by atoms with van der Waals surface area (Å²) in [6.07, 6.45) is 3.14. The zero-order chi connectivity index (χ0) is 13.8. The van der Waals surface area contributed by atoms with Crippen molar-refractivity contribution in [3.63, 3.8) is 0 Å². The number of hydrogen-bond donors (Lipinski definition) is 1. The van der Waals surface area contributed by atoms with Crippen molar-refractivity contribution in [2.75, 3.05) is 0 Å². The lowest BCUT2D eigenvalue weighted by Gasteiger charge is -2.05. The van der Waals surface area contributed by atoms with Crippen LogP contribution < -0.4 is 0 Å². The second kappa shape index (κ2) is 5.69. The van der Waals surface area contributed by atoms with E-state index in [4.69, 9.17) is 5.11 Å². The van der Waals surface area contributed by atoms with Crippen LogP contribution in [0.25, 0.3) is 11.0 Å². The number of aryl methyl sites for hydroxylation is 1. The fraction of sp³-hybridized carbons (Fsp3) is 0.333. The molecule has 0 unspecified atom stereocenters. The highest BCUT2D eigenvalue weighted by Gasteiger charge is 2.09. The van der Waals surface area contributed by atoms with E-state index in [0.29, 0.717) is 18.5 Å². The van der Waals surface area contributed by atoms with Gasteiger partial charge in [0, 0.05) is 18.5 Å². The van der Waals surface area contributed by atoms with Crippen LogP contribution >= 0.6 is 0 Å². The van der Waals surface area contributed by atoms with E-state index >= 15 is 0 Å². The molecule has 4 nitrogen and oxygen atoms in total. The molecule has 1 heterocycles. The monoisotopic (exact) mass is 258 g/mol. The maximum Gasteiger partial charge on any atom is 0.331 e. The molecule has 100 valence electrons. The van der Waals surface area contributed by atoms with E-state index in [9.17, 15) is 4.79 Å². The maximum absolute atomic E-state index is 11.0. The molecular formula is C15H18N2O2. The summed E-state index contributed by atoms with van der Waals surface area (Å²) in [7, 11) is 0. The van der Waals surface area contributed by atoms with Gasteiger partial charge in [-0.05, 0) is 18.6 Å². The number of benzene rings is 1. The van der Waals surface area contributed by atoms with Crippen molar-refractivity contribution in [3.05, 3.63) is 41.7 Å². The standard InChI is InChI=1S/C15H18N2O2/c1-3-11(15(18)19)9-10-17-13-8-6-5-7-12(13)16-14(17)4-2/h5-9H,3-4,10H2,1-2H3,(H,18,19). The average molecular weight is 258 g/mol. The predicted molar refractivity (Wildman–Crippen MR) is 75.1 cm³/mol. The van der Waals surface area contributed by atoms with Crippen LogP contribution in [0.3, 0.4) is 0 Å². The van der Waals surface area contributed by atoms with Crippen LogP contribution in [-0.4, -0.2) is 20.6 Å². The summed E-state index contributed by atoms with van der Waals surface area (Å²) in [4.78, 5) is 15.6. The van der Waals surface area contributed by atoms with Crippen LogP contribution in [0.1, 0.15) is 26.1 Å². The molecule has 19 heavy (non-hydrogen) atoms.